The molecule has 2 saturated carbocycles. The second-order valence-electron chi connectivity index (χ2n) is 7.02. The molecule has 2 amide bonds. The summed E-state index contributed by atoms with van der Waals surface area (Å²) in [5.41, 5.74) is 5.46. The number of nitrogens with zero attached hydrogens (tertiary/aromatic N) is 1. The van der Waals surface area contributed by atoms with Crippen LogP contribution in [-0.2, 0) is 9.59 Å². The van der Waals surface area contributed by atoms with Gasteiger partial charge in [0.2, 0.25) is 11.8 Å². The minimum Gasteiger partial charge on any atom is -0.328 e. The number of hydrogen-bond donors (Lipinski definition) is 1. The van der Waals surface area contributed by atoms with Crippen molar-refractivity contribution in [1.29, 1.82) is 0 Å². The van der Waals surface area contributed by atoms with Gasteiger partial charge in [0, 0.05) is 19.4 Å². The van der Waals surface area contributed by atoms with Crippen LogP contribution >= 0.6 is 0 Å². The number of likely N-dealkylation sites (tertiary alicyclic amines) is 1. The summed E-state index contributed by atoms with van der Waals surface area (Å²) in [6.45, 7) is 2.38. The van der Waals surface area contributed by atoms with Crippen molar-refractivity contribution in [2.45, 2.75) is 63.8 Å². The molecular formula is C15H24N2O2. The van der Waals surface area contributed by atoms with Gasteiger partial charge in [0.05, 0.1) is 5.54 Å². The molecule has 0 radical (unpaired) electrons. The van der Waals surface area contributed by atoms with Gasteiger partial charge in [-0.05, 0) is 43.9 Å². The normalized spacial score (nSPS) is 29.9. The lowest BCUT2D eigenvalue weighted by Gasteiger charge is -2.46. The minimum atomic E-state index is -0.436. The van der Waals surface area contributed by atoms with E-state index in [2.05, 4.69) is 0 Å². The molecular weight excluding hydrogens is 240 g/mol. The van der Waals surface area contributed by atoms with Crippen LogP contribution < -0.4 is 5.73 Å². The lowest BCUT2D eigenvalue weighted by Crippen LogP contribution is -2.61. The molecule has 1 heterocycles. The molecule has 0 aromatic rings. The van der Waals surface area contributed by atoms with Crippen LogP contribution in [0.3, 0.4) is 0 Å². The van der Waals surface area contributed by atoms with Crippen LogP contribution in [0.5, 0.6) is 0 Å². The maximum atomic E-state index is 12.6. The van der Waals surface area contributed by atoms with Crippen molar-refractivity contribution in [2.75, 3.05) is 6.54 Å². The van der Waals surface area contributed by atoms with Crippen LogP contribution in [-0.4, -0.2) is 28.8 Å². The van der Waals surface area contributed by atoms with Crippen molar-refractivity contribution in [2.24, 2.45) is 17.1 Å². The third-order valence-electron chi connectivity index (χ3n) is 5.60. The maximum absolute atomic E-state index is 12.6. The molecule has 3 rings (SSSR count). The van der Waals surface area contributed by atoms with Gasteiger partial charge < -0.3 is 5.73 Å². The molecule has 0 aromatic carbocycles. The Morgan fingerprint density at radius 1 is 1.21 bits per heavy atom. The highest BCUT2D eigenvalue weighted by molar-refractivity contribution is 5.99. The number of carbonyl (C=O) groups is 2. The first kappa shape index (κ1) is 13.1. The highest BCUT2D eigenvalue weighted by Crippen LogP contribution is 2.50. The Labute approximate surface area is 114 Å². The molecule has 1 aliphatic heterocycles. The Balaban J connectivity index is 1.84. The Bertz CT molecular complexity index is 390. The minimum absolute atomic E-state index is 0.0102. The van der Waals surface area contributed by atoms with E-state index in [1.165, 1.54) is 4.90 Å². The lowest BCUT2D eigenvalue weighted by molar-refractivity contribution is -0.161. The average Bonchev–Trinajstić information content (AvgIpc) is 3.12. The van der Waals surface area contributed by atoms with Gasteiger partial charge in [-0.15, -0.1) is 0 Å². The van der Waals surface area contributed by atoms with Gasteiger partial charge in [-0.25, -0.2) is 0 Å². The third-order valence-corrected chi connectivity index (χ3v) is 5.60. The highest BCUT2D eigenvalue weighted by atomic mass is 16.2. The van der Waals surface area contributed by atoms with Crippen LogP contribution in [0, 0.1) is 11.3 Å². The van der Waals surface area contributed by atoms with Crippen LogP contribution in [0.1, 0.15) is 58.3 Å². The number of carbonyl (C=O) groups excluding carboxylic acids is 2. The van der Waals surface area contributed by atoms with E-state index in [-0.39, 0.29) is 17.2 Å². The smallest absolute Gasteiger partial charge is 0.230 e. The molecule has 4 nitrogen and oxygen atoms in total. The lowest BCUT2D eigenvalue weighted by atomic mass is 9.74. The molecule has 3 aliphatic rings. The third kappa shape index (κ3) is 2.00. The molecule has 0 bridgehead atoms. The first-order chi connectivity index (χ1) is 9.01. The predicted molar refractivity (Wildman–Crippen MR) is 72.2 cm³/mol. The highest BCUT2D eigenvalue weighted by Gasteiger charge is 2.54. The van der Waals surface area contributed by atoms with Crippen molar-refractivity contribution in [1.82, 2.24) is 4.90 Å². The van der Waals surface area contributed by atoms with E-state index in [4.69, 9.17) is 5.73 Å². The maximum Gasteiger partial charge on any atom is 0.230 e. The summed E-state index contributed by atoms with van der Waals surface area (Å²) in [6, 6.07) is 0. The van der Waals surface area contributed by atoms with Gasteiger partial charge in [-0.1, -0.05) is 12.8 Å². The Morgan fingerprint density at radius 2 is 1.74 bits per heavy atom. The van der Waals surface area contributed by atoms with E-state index in [0.29, 0.717) is 25.3 Å². The Morgan fingerprint density at radius 3 is 2.16 bits per heavy atom. The summed E-state index contributed by atoms with van der Waals surface area (Å²) in [5.74, 6) is 0.471. The second kappa shape index (κ2) is 4.30. The fraction of sp³-hybridized carbons (Fsp3) is 0.867. The van der Waals surface area contributed by atoms with Gasteiger partial charge in [-0.2, -0.15) is 0 Å². The van der Waals surface area contributed by atoms with E-state index < -0.39 is 5.54 Å². The molecule has 1 atom stereocenters. The standard InChI is InChI=1S/C15H24N2O2/c1-14(10-16,11-4-5-11)17-12(18)8-15(9-13(17)19)6-2-3-7-15/h11H,2-10,16H2,1H3. The topological polar surface area (TPSA) is 63.4 Å². The van der Waals surface area contributed by atoms with E-state index in [0.717, 1.165) is 38.5 Å². The second-order valence-corrected chi connectivity index (χ2v) is 7.02. The summed E-state index contributed by atoms with van der Waals surface area (Å²) in [5, 5.41) is 0. The number of nitrogens with two attached hydrogens (primary N) is 1. The van der Waals surface area contributed by atoms with Gasteiger partial charge in [-0.3, -0.25) is 14.5 Å². The Hall–Kier alpha value is -0.900. The van der Waals surface area contributed by atoms with E-state index in [1.54, 1.807) is 0 Å². The van der Waals surface area contributed by atoms with Crippen LogP contribution in [0.2, 0.25) is 0 Å². The van der Waals surface area contributed by atoms with Gasteiger partial charge in [0.1, 0.15) is 0 Å². The molecule has 3 fully saturated rings. The fourth-order valence-electron chi connectivity index (χ4n) is 4.20. The van der Waals surface area contributed by atoms with Crippen molar-refractivity contribution in [3.8, 4) is 0 Å². The molecule has 19 heavy (non-hydrogen) atoms. The van der Waals surface area contributed by atoms with Crippen LogP contribution in [0.4, 0.5) is 0 Å². The van der Waals surface area contributed by atoms with Crippen LogP contribution in [0.25, 0.3) is 0 Å². The largest absolute Gasteiger partial charge is 0.328 e. The van der Waals surface area contributed by atoms with Crippen molar-refractivity contribution < 1.29 is 9.59 Å². The molecule has 0 aromatic heterocycles. The van der Waals surface area contributed by atoms with Gasteiger partial charge in [0.15, 0.2) is 0 Å². The molecule has 1 spiro atoms. The summed E-state index contributed by atoms with van der Waals surface area (Å²) in [7, 11) is 0. The zero-order chi connectivity index (χ0) is 13.7. The molecule has 4 heteroatoms. The zero-order valence-corrected chi connectivity index (χ0v) is 11.8. The summed E-state index contributed by atoms with van der Waals surface area (Å²) < 4.78 is 0. The predicted octanol–water partition coefficient (Wildman–Crippen LogP) is 1.82. The number of rotatable bonds is 3. The molecule has 106 valence electrons. The quantitative estimate of drug-likeness (QED) is 0.791. The monoisotopic (exact) mass is 264 g/mol. The van der Waals surface area contributed by atoms with Gasteiger partial charge >= 0.3 is 0 Å². The van der Waals surface area contributed by atoms with Crippen molar-refractivity contribution in [3.05, 3.63) is 0 Å². The summed E-state index contributed by atoms with van der Waals surface area (Å²) in [6.07, 6.45) is 7.71. The number of piperidine rings is 1. The first-order valence-corrected chi connectivity index (χ1v) is 7.57. The SMILES string of the molecule is CC(CN)(C1CC1)N1C(=O)CC2(CCCC2)CC1=O. The van der Waals surface area contributed by atoms with Crippen molar-refractivity contribution >= 4 is 11.8 Å². The zero-order valence-electron chi connectivity index (χ0n) is 11.8. The number of amides is 2. The van der Waals surface area contributed by atoms with Crippen molar-refractivity contribution in [3.63, 3.8) is 0 Å². The number of hydrogen-bond acceptors (Lipinski definition) is 3. The number of imide groups is 1. The molecule has 2 aliphatic carbocycles. The Kier molecular flexibility index (Phi) is 2.97. The summed E-state index contributed by atoms with van der Waals surface area (Å²) >= 11 is 0. The fourth-order valence-corrected chi connectivity index (χ4v) is 4.20. The average molecular weight is 264 g/mol. The molecule has 1 saturated heterocycles. The van der Waals surface area contributed by atoms with Crippen LogP contribution in [0.15, 0.2) is 0 Å². The van der Waals surface area contributed by atoms with Gasteiger partial charge in [0.25, 0.3) is 0 Å². The van der Waals surface area contributed by atoms with E-state index >= 15 is 0 Å². The first-order valence-electron chi connectivity index (χ1n) is 7.57. The summed E-state index contributed by atoms with van der Waals surface area (Å²) in [4.78, 5) is 26.6. The van der Waals surface area contributed by atoms with E-state index in [1.807, 2.05) is 6.92 Å². The molecule has 1 unspecified atom stereocenters. The van der Waals surface area contributed by atoms with E-state index in [9.17, 15) is 9.59 Å². The molecule has 2 N–H and O–H groups in total.